The molecule has 5 rings (SSSR count). The van der Waals surface area contributed by atoms with Gasteiger partial charge in [0, 0.05) is 43.3 Å². The molecule has 0 saturated carbocycles. The molecule has 0 unspecified atom stereocenters. The number of alkyl halides is 2. The van der Waals surface area contributed by atoms with Gasteiger partial charge >= 0.3 is 6.43 Å². The van der Waals surface area contributed by atoms with Crippen molar-refractivity contribution in [2.24, 2.45) is 5.92 Å². The van der Waals surface area contributed by atoms with Crippen LogP contribution in [0.3, 0.4) is 0 Å². The molecule has 0 aliphatic carbocycles. The Morgan fingerprint density at radius 2 is 2.00 bits per heavy atom. The van der Waals surface area contributed by atoms with Gasteiger partial charge in [0.05, 0.1) is 49.0 Å². The third kappa shape index (κ3) is 7.61. The van der Waals surface area contributed by atoms with Crippen LogP contribution in [0.4, 0.5) is 13.2 Å². The third-order valence-electron chi connectivity index (χ3n) is 7.86. The highest BCUT2D eigenvalue weighted by molar-refractivity contribution is 5.76. The second-order valence-corrected chi connectivity index (χ2v) is 10.8. The maximum atomic E-state index is 15.7. The van der Waals surface area contributed by atoms with Crippen molar-refractivity contribution >= 4 is 12.0 Å². The lowest BCUT2D eigenvalue weighted by Crippen LogP contribution is -2.52. The summed E-state index contributed by atoms with van der Waals surface area (Å²) in [6.45, 7) is 5.99. The lowest BCUT2D eigenvalue weighted by molar-refractivity contribution is -0.116. The Morgan fingerprint density at radius 3 is 2.57 bits per heavy atom. The van der Waals surface area contributed by atoms with Gasteiger partial charge in [-0.25, -0.2) is 4.39 Å². The number of aromatic amines is 1. The van der Waals surface area contributed by atoms with Crippen LogP contribution < -0.4 is 0 Å². The number of carbonyl (C=O) groups excluding carboxylic acids is 1. The van der Waals surface area contributed by atoms with Crippen LogP contribution in [0.25, 0.3) is 17.0 Å². The molecule has 3 aromatic heterocycles. The number of likely N-dealkylation sites (tertiary alicyclic amines) is 1. The highest BCUT2D eigenvalue weighted by atomic mass is 19.3. The van der Waals surface area contributed by atoms with Gasteiger partial charge in [-0.15, -0.1) is 10.2 Å². The van der Waals surface area contributed by atoms with Crippen LogP contribution in [-0.4, -0.2) is 92.4 Å². The van der Waals surface area contributed by atoms with Gasteiger partial charge < -0.3 is 19.0 Å². The monoisotopic (exact) mass is 612 g/mol. The number of ether oxygens (including phenoxy) is 1. The fourth-order valence-corrected chi connectivity index (χ4v) is 5.24. The van der Waals surface area contributed by atoms with Crippen molar-refractivity contribution in [1.82, 2.24) is 40.1 Å². The third-order valence-corrected chi connectivity index (χ3v) is 7.86. The smallest absolute Gasteiger partial charge is 0.314 e. The topological polar surface area (TPSA) is 117 Å². The van der Waals surface area contributed by atoms with Crippen molar-refractivity contribution in [2.75, 3.05) is 39.9 Å². The molecule has 0 aromatic carbocycles. The summed E-state index contributed by atoms with van der Waals surface area (Å²) in [6.07, 6.45) is 9.11. The van der Waals surface area contributed by atoms with Gasteiger partial charge in [-0.1, -0.05) is 6.08 Å². The normalized spacial score (nSPS) is 17.6. The number of nitrogens with zero attached hydrogens (tertiary/aromatic N) is 7. The van der Waals surface area contributed by atoms with Crippen LogP contribution in [0.2, 0.25) is 0 Å². The lowest BCUT2D eigenvalue weighted by Gasteiger charge is -2.41. The van der Waals surface area contributed by atoms with Crippen LogP contribution in [0.15, 0.2) is 65.0 Å². The number of amides is 1. The number of hydrogen-bond acceptors (Lipinski definition) is 9. The minimum Gasteiger partial charge on any atom is -0.415 e. The predicted molar refractivity (Wildman–Crippen MR) is 155 cm³/mol. The zero-order chi connectivity index (χ0) is 31.1. The number of hydrogen-bond donors (Lipinski definition) is 1. The van der Waals surface area contributed by atoms with Gasteiger partial charge in [0.25, 0.3) is 5.89 Å². The van der Waals surface area contributed by atoms with Gasteiger partial charge in [0.15, 0.2) is 0 Å². The van der Waals surface area contributed by atoms with E-state index in [4.69, 9.17) is 9.15 Å². The van der Waals surface area contributed by atoms with E-state index in [0.717, 1.165) is 45.6 Å². The Labute approximate surface area is 253 Å². The van der Waals surface area contributed by atoms with E-state index in [1.54, 1.807) is 54.4 Å². The van der Waals surface area contributed by atoms with Gasteiger partial charge in [-0.2, -0.15) is 13.9 Å². The Hall–Kier alpha value is -4.30. The average Bonchev–Trinajstić information content (AvgIpc) is 3.71. The van der Waals surface area contributed by atoms with Crippen molar-refractivity contribution in [3.63, 3.8) is 0 Å². The summed E-state index contributed by atoms with van der Waals surface area (Å²) < 4.78 is 51.7. The minimum absolute atomic E-state index is 0.0649. The van der Waals surface area contributed by atoms with Crippen LogP contribution >= 0.6 is 0 Å². The summed E-state index contributed by atoms with van der Waals surface area (Å²) in [5, 5.41) is 13.6. The second-order valence-electron chi connectivity index (χ2n) is 10.8. The van der Waals surface area contributed by atoms with Gasteiger partial charge in [-0.3, -0.25) is 19.8 Å². The molecule has 0 atom stereocenters. The lowest BCUT2D eigenvalue weighted by atomic mass is 9.95. The Bertz CT molecular complexity index is 1460. The molecule has 2 aliphatic heterocycles. The molecule has 2 fully saturated rings. The van der Waals surface area contributed by atoms with E-state index in [9.17, 15) is 13.6 Å². The molecule has 234 valence electrons. The zero-order valence-electron chi connectivity index (χ0n) is 24.6. The first-order chi connectivity index (χ1) is 21.3. The van der Waals surface area contributed by atoms with Crippen molar-refractivity contribution in [3.05, 3.63) is 77.7 Å². The highest BCUT2D eigenvalue weighted by Crippen LogP contribution is 2.27. The van der Waals surface area contributed by atoms with Gasteiger partial charge in [-0.05, 0) is 57.0 Å². The number of H-pyrrole nitrogens is 1. The van der Waals surface area contributed by atoms with E-state index >= 15 is 4.39 Å². The number of aromatic nitrogens is 5. The highest BCUT2D eigenvalue weighted by Gasteiger charge is 2.30. The molecule has 2 saturated heterocycles. The molecule has 0 spiro atoms. The molecule has 1 N–H and O–H groups in total. The van der Waals surface area contributed by atoms with E-state index in [1.165, 1.54) is 18.5 Å². The maximum Gasteiger partial charge on any atom is 0.314 e. The number of halogens is 3. The van der Waals surface area contributed by atoms with Crippen LogP contribution in [0.5, 0.6) is 0 Å². The fourth-order valence-electron chi connectivity index (χ4n) is 5.24. The standard InChI is InChI=1S/C30H35F3N8O3/c1-3-26(22-12-35-36-13-22)27(31)10-24(16-40(19-42)14-20-6-8-41(9-7-20)25-17-43-18-25)39(2)15-23-5-4-21(11-34-23)29-37-38-30(44-29)28(32)33/h3-5,10-13,16,19-20,25,28H,6-9,14-15,17-18H2,1-2H3,(H,35,36)/b24-16-,26-3-,27-10+. The summed E-state index contributed by atoms with van der Waals surface area (Å²) in [4.78, 5) is 22.4. The molecule has 5 heterocycles. The summed E-state index contributed by atoms with van der Waals surface area (Å²) in [5.41, 5.74) is 2.39. The van der Waals surface area contributed by atoms with E-state index in [0.29, 0.717) is 46.6 Å². The Kier molecular flexibility index (Phi) is 10.2. The van der Waals surface area contributed by atoms with Crippen molar-refractivity contribution in [1.29, 1.82) is 0 Å². The predicted octanol–water partition coefficient (Wildman–Crippen LogP) is 4.59. The Balaban J connectivity index is 1.33. The first-order valence-electron chi connectivity index (χ1n) is 14.4. The first-order valence-corrected chi connectivity index (χ1v) is 14.4. The number of carbonyl (C=O) groups is 1. The molecule has 3 aromatic rings. The fraction of sp³-hybridized carbons (Fsp3) is 0.433. The van der Waals surface area contributed by atoms with Crippen LogP contribution in [0, 0.1) is 5.92 Å². The van der Waals surface area contributed by atoms with E-state index in [-0.39, 0.29) is 12.4 Å². The van der Waals surface area contributed by atoms with Crippen LogP contribution in [-0.2, 0) is 16.1 Å². The summed E-state index contributed by atoms with van der Waals surface area (Å²) >= 11 is 0. The van der Waals surface area contributed by atoms with Crippen molar-refractivity contribution in [3.8, 4) is 11.5 Å². The molecule has 2 aliphatic rings. The molecule has 14 heteroatoms. The SMILES string of the molecule is C\C=C(/C(F)=C\C(=C\N(C=O)CC1CCN(C2COC2)CC1)N(C)Cc1ccc(-c2nnc(C(F)F)o2)cn1)c1cn[nH]c1. The zero-order valence-corrected chi connectivity index (χ0v) is 24.6. The van der Waals surface area contributed by atoms with Crippen LogP contribution in [0.1, 0.15) is 43.3 Å². The number of likely N-dealkylation sites (N-methyl/N-ethyl adjacent to an activating group) is 1. The van der Waals surface area contributed by atoms with Gasteiger partial charge in [0.2, 0.25) is 12.3 Å². The minimum atomic E-state index is -2.87. The van der Waals surface area contributed by atoms with E-state index in [2.05, 4.69) is 30.3 Å². The molecular formula is C30H35F3N8O3. The number of nitrogens with one attached hydrogen (secondary N) is 1. The van der Waals surface area contributed by atoms with E-state index in [1.807, 2.05) is 0 Å². The maximum absolute atomic E-state index is 15.7. The Morgan fingerprint density at radius 1 is 1.20 bits per heavy atom. The molecule has 44 heavy (non-hydrogen) atoms. The van der Waals surface area contributed by atoms with Gasteiger partial charge in [0.1, 0.15) is 5.83 Å². The van der Waals surface area contributed by atoms with Crippen molar-refractivity contribution in [2.45, 2.75) is 38.8 Å². The summed E-state index contributed by atoms with van der Waals surface area (Å²) in [5.74, 6) is -1.01. The van der Waals surface area contributed by atoms with Crippen molar-refractivity contribution < 1.29 is 27.1 Å². The molecule has 0 bridgehead atoms. The molecule has 1 amide bonds. The number of allylic oxidation sites excluding steroid dienone is 4. The first kappa shape index (κ1) is 31.1. The van der Waals surface area contributed by atoms with E-state index < -0.39 is 18.1 Å². The molecule has 11 nitrogen and oxygen atoms in total. The summed E-state index contributed by atoms with van der Waals surface area (Å²) in [7, 11) is 1.77. The number of rotatable bonds is 13. The quantitative estimate of drug-likeness (QED) is 0.219. The molecule has 0 radical (unpaired) electrons. The number of pyridine rings is 1. The molecular weight excluding hydrogens is 577 g/mol. The largest absolute Gasteiger partial charge is 0.415 e. The average molecular weight is 613 g/mol. The number of piperidine rings is 1. The summed E-state index contributed by atoms with van der Waals surface area (Å²) in [6, 6.07) is 3.82. The second kappa shape index (κ2) is 14.4.